The zero-order chi connectivity index (χ0) is 13.7. The molecule has 19 heavy (non-hydrogen) atoms. The van der Waals surface area contributed by atoms with E-state index in [-0.39, 0.29) is 0 Å². The van der Waals surface area contributed by atoms with Crippen molar-refractivity contribution in [1.82, 2.24) is 4.98 Å². The first-order valence-electron chi connectivity index (χ1n) is 6.61. The molecule has 0 aliphatic rings. The van der Waals surface area contributed by atoms with Crippen molar-refractivity contribution >= 4 is 43.2 Å². The molecule has 0 saturated heterocycles. The van der Waals surface area contributed by atoms with Crippen LogP contribution in [0.4, 0.5) is 0 Å². The molecule has 2 rings (SSSR count). The molecule has 0 amide bonds. The van der Waals surface area contributed by atoms with E-state index in [1.165, 1.54) is 31.2 Å². The van der Waals surface area contributed by atoms with Crippen molar-refractivity contribution in [3.63, 3.8) is 0 Å². The van der Waals surface area contributed by atoms with Crippen LogP contribution in [-0.4, -0.2) is 4.98 Å². The molecule has 0 unspecified atom stereocenters. The molecule has 2 aromatic heterocycles. The van der Waals surface area contributed by atoms with Gasteiger partial charge in [0.2, 0.25) is 0 Å². The molecule has 0 fully saturated rings. The van der Waals surface area contributed by atoms with Crippen molar-refractivity contribution in [2.24, 2.45) is 0 Å². The molecule has 4 heteroatoms. The maximum Gasteiger partial charge on any atom is 0.0804 e. The summed E-state index contributed by atoms with van der Waals surface area (Å²) in [4.78, 5) is 4.58. The van der Waals surface area contributed by atoms with E-state index in [2.05, 4.69) is 62.0 Å². The van der Waals surface area contributed by atoms with Crippen LogP contribution in [-0.2, 0) is 6.42 Å². The summed E-state index contributed by atoms with van der Waals surface area (Å²) < 4.78 is 2.25. The van der Waals surface area contributed by atoms with Gasteiger partial charge in [-0.25, -0.2) is 0 Å². The Balaban J connectivity index is 2.00. The third-order valence-corrected chi connectivity index (χ3v) is 5.42. The van der Waals surface area contributed by atoms with Crippen LogP contribution in [0.1, 0.15) is 38.2 Å². The fraction of sp³-hybridized carbons (Fsp3) is 0.400. The van der Waals surface area contributed by atoms with Gasteiger partial charge in [0.05, 0.1) is 13.3 Å². The molecule has 0 saturated carbocycles. The third-order valence-electron chi connectivity index (χ3n) is 3.08. The zero-order valence-corrected chi connectivity index (χ0v) is 14.9. The van der Waals surface area contributed by atoms with Crippen molar-refractivity contribution in [3.05, 3.63) is 37.5 Å². The van der Waals surface area contributed by atoms with Crippen LogP contribution in [0.3, 0.4) is 0 Å². The van der Waals surface area contributed by atoms with Crippen molar-refractivity contribution < 1.29 is 0 Å². The molecule has 1 nitrogen and oxygen atoms in total. The molecule has 0 aliphatic heterocycles. The second kappa shape index (κ2) is 7.55. The van der Waals surface area contributed by atoms with Gasteiger partial charge in [0.1, 0.15) is 0 Å². The van der Waals surface area contributed by atoms with E-state index in [9.17, 15) is 0 Å². The molecule has 0 N–H and O–H groups in total. The summed E-state index contributed by atoms with van der Waals surface area (Å²) in [6.07, 6.45) is 8.37. The van der Waals surface area contributed by atoms with Gasteiger partial charge in [-0.3, -0.25) is 4.98 Å². The standard InChI is InChI=1S/C15H17Br2NS/c1-2-3-4-5-6-11-7-8-13(18-10-11)12-9-14(16)19-15(12)17/h7-10H,2-6H2,1H3. The van der Waals surface area contributed by atoms with Crippen LogP contribution < -0.4 is 0 Å². The molecule has 0 aliphatic carbocycles. The number of unbranched alkanes of at least 4 members (excludes halogenated alkanes) is 3. The lowest BCUT2D eigenvalue weighted by molar-refractivity contribution is 0.666. The van der Waals surface area contributed by atoms with Gasteiger partial charge < -0.3 is 0 Å². The Morgan fingerprint density at radius 2 is 2.00 bits per heavy atom. The number of pyridine rings is 1. The highest BCUT2D eigenvalue weighted by atomic mass is 79.9. The predicted octanol–water partition coefficient (Wildman–Crippen LogP) is 6.46. The minimum absolute atomic E-state index is 1.03. The van der Waals surface area contributed by atoms with E-state index >= 15 is 0 Å². The maximum atomic E-state index is 4.58. The molecule has 0 bridgehead atoms. The molecule has 2 aromatic rings. The van der Waals surface area contributed by atoms with Gasteiger partial charge in [0, 0.05) is 11.8 Å². The molecule has 0 atom stereocenters. The van der Waals surface area contributed by atoms with Crippen molar-refractivity contribution in [2.75, 3.05) is 0 Å². The summed E-state index contributed by atoms with van der Waals surface area (Å²) in [6.45, 7) is 2.24. The summed E-state index contributed by atoms with van der Waals surface area (Å²) in [5.74, 6) is 0. The normalized spacial score (nSPS) is 10.9. The molecule has 0 spiro atoms. The van der Waals surface area contributed by atoms with Crippen LogP contribution in [0, 0.1) is 0 Å². The van der Waals surface area contributed by atoms with E-state index in [0.717, 1.165) is 25.3 Å². The number of rotatable bonds is 6. The number of nitrogens with zero attached hydrogens (tertiary/aromatic N) is 1. The first-order chi connectivity index (χ1) is 9.20. The minimum Gasteiger partial charge on any atom is -0.256 e. The monoisotopic (exact) mass is 401 g/mol. The Morgan fingerprint density at radius 1 is 1.16 bits per heavy atom. The Hall–Kier alpha value is -0.190. The number of aromatic nitrogens is 1. The van der Waals surface area contributed by atoms with E-state index < -0.39 is 0 Å². The second-order valence-corrected chi connectivity index (χ2v) is 8.35. The molecule has 0 aromatic carbocycles. The van der Waals surface area contributed by atoms with Crippen LogP contribution in [0.2, 0.25) is 0 Å². The first-order valence-corrected chi connectivity index (χ1v) is 9.01. The van der Waals surface area contributed by atoms with Crippen LogP contribution in [0.15, 0.2) is 32.0 Å². The lowest BCUT2D eigenvalue weighted by Gasteiger charge is -2.03. The maximum absolute atomic E-state index is 4.58. The first kappa shape index (κ1) is 15.2. The van der Waals surface area contributed by atoms with Crippen LogP contribution in [0.5, 0.6) is 0 Å². The molecular formula is C15H17Br2NS. The number of hydrogen-bond donors (Lipinski definition) is 0. The molecule has 2 heterocycles. The lowest BCUT2D eigenvalue weighted by Crippen LogP contribution is -1.89. The highest BCUT2D eigenvalue weighted by Crippen LogP contribution is 2.37. The largest absolute Gasteiger partial charge is 0.256 e. The summed E-state index contributed by atoms with van der Waals surface area (Å²) in [5, 5.41) is 0. The average Bonchev–Trinajstić information content (AvgIpc) is 2.75. The smallest absolute Gasteiger partial charge is 0.0804 e. The van der Waals surface area contributed by atoms with E-state index in [4.69, 9.17) is 0 Å². The Labute approximate surface area is 135 Å². The average molecular weight is 403 g/mol. The third kappa shape index (κ3) is 4.40. The molecule has 102 valence electrons. The van der Waals surface area contributed by atoms with Gasteiger partial charge in [-0.05, 0) is 62.4 Å². The Kier molecular flexibility index (Phi) is 6.05. The fourth-order valence-electron chi connectivity index (χ4n) is 2.00. The lowest BCUT2D eigenvalue weighted by atomic mass is 10.1. The van der Waals surface area contributed by atoms with Crippen LogP contribution in [0.25, 0.3) is 11.3 Å². The van der Waals surface area contributed by atoms with Gasteiger partial charge in [0.25, 0.3) is 0 Å². The Bertz CT molecular complexity index is 519. The minimum atomic E-state index is 1.03. The number of aryl methyl sites for hydroxylation is 1. The van der Waals surface area contributed by atoms with E-state index in [1.54, 1.807) is 11.3 Å². The zero-order valence-electron chi connectivity index (χ0n) is 11.0. The summed E-state index contributed by atoms with van der Waals surface area (Å²) in [6, 6.07) is 6.43. The van der Waals surface area contributed by atoms with E-state index in [0.29, 0.717) is 0 Å². The van der Waals surface area contributed by atoms with Crippen molar-refractivity contribution in [1.29, 1.82) is 0 Å². The highest BCUT2D eigenvalue weighted by molar-refractivity contribution is 9.12. The highest BCUT2D eigenvalue weighted by Gasteiger charge is 2.08. The Morgan fingerprint density at radius 3 is 2.58 bits per heavy atom. The molecule has 0 radical (unpaired) electrons. The van der Waals surface area contributed by atoms with Crippen molar-refractivity contribution in [2.45, 2.75) is 39.0 Å². The summed E-state index contributed by atoms with van der Waals surface area (Å²) in [7, 11) is 0. The van der Waals surface area contributed by atoms with Crippen molar-refractivity contribution in [3.8, 4) is 11.3 Å². The topological polar surface area (TPSA) is 12.9 Å². The number of halogens is 2. The van der Waals surface area contributed by atoms with Crippen LogP contribution >= 0.6 is 43.2 Å². The fourth-order valence-corrected chi connectivity index (χ4v) is 4.83. The quantitative estimate of drug-likeness (QED) is 0.505. The summed E-state index contributed by atoms with van der Waals surface area (Å²) in [5.41, 5.74) is 3.53. The SMILES string of the molecule is CCCCCCc1ccc(-c2cc(Br)sc2Br)nc1. The van der Waals surface area contributed by atoms with E-state index in [1.807, 2.05) is 6.20 Å². The number of thiophene rings is 1. The predicted molar refractivity (Wildman–Crippen MR) is 90.8 cm³/mol. The van der Waals surface area contributed by atoms with Gasteiger partial charge >= 0.3 is 0 Å². The second-order valence-electron chi connectivity index (χ2n) is 4.60. The van der Waals surface area contributed by atoms with Gasteiger partial charge in [0.15, 0.2) is 0 Å². The summed E-state index contributed by atoms with van der Waals surface area (Å²) >= 11 is 8.77. The number of hydrogen-bond acceptors (Lipinski definition) is 2. The van der Waals surface area contributed by atoms with Gasteiger partial charge in [-0.15, -0.1) is 11.3 Å². The van der Waals surface area contributed by atoms with Gasteiger partial charge in [-0.2, -0.15) is 0 Å². The molecular weight excluding hydrogens is 386 g/mol. The van der Waals surface area contributed by atoms with Gasteiger partial charge in [-0.1, -0.05) is 32.3 Å².